The van der Waals surface area contributed by atoms with Crippen LogP contribution in [0.2, 0.25) is 0 Å². The maximum Gasteiger partial charge on any atom is 0.586 e. The molecule has 1 aliphatic rings. The molecule has 0 unspecified atom stereocenters. The minimum absolute atomic E-state index is 0.143. The molecule has 0 spiro atoms. The van der Waals surface area contributed by atoms with Crippen LogP contribution in [0.15, 0.2) is 42.5 Å². The summed E-state index contributed by atoms with van der Waals surface area (Å²) < 4.78 is 39.5. The van der Waals surface area contributed by atoms with Crippen molar-refractivity contribution >= 4 is 17.3 Å². The molecule has 2 aromatic rings. The third-order valence-corrected chi connectivity index (χ3v) is 3.08. The number of carbonyl (C=O) groups is 1. The maximum absolute atomic E-state index is 12.9. The number of nitrogens with one attached hydrogen (secondary N) is 1. The van der Waals surface area contributed by atoms with Crippen molar-refractivity contribution in [1.29, 1.82) is 0 Å². The molecule has 1 heterocycles. The van der Waals surface area contributed by atoms with Gasteiger partial charge in [-0.25, -0.2) is 0 Å². The Morgan fingerprint density at radius 2 is 1.96 bits per heavy atom. The normalized spacial score (nSPS) is 14.0. The van der Waals surface area contributed by atoms with E-state index in [1.54, 1.807) is 0 Å². The Morgan fingerprint density at radius 1 is 1.20 bits per heavy atom. The molecule has 0 aromatic heterocycles. The number of nitro benzene ring substituents is 1. The fourth-order valence-electron chi connectivity index (χ4n) is 2.06. The molecule has 3 rings (SSSR count). The van der Waals surface area contributed by atoms with Crippen molar-refractivity contribution in [2.24, 2.45) is 0 Å². The van der Waals surface area contributed by atoms with Gasteiger partial charge in [0.2, 0.25) is 0 Å². The number of benzene rings is 2. The van der Waals surface area contributed by atoms with Crippen LogP contribution in [0.3, 0.4) is 0 Å². The molecule has 1 N–H and O–H groups in total. The van der Waals surface area contributed by atoms with Crippen molar-refractivity contribution in [3.05, 3.63) is 52.6 Å². The summed E-state index contributed by atoms with van der Waals surface area (Å²) in [5.74, 6) is -0.787. The van der Waals surface area contributed by atoms with E-state index >= 15 is 0 Å². The number of alkyl halides is 2. The van der Waals surface area contributed by atoms with E-state index in [0.29, 0.717) is 0 Å². The van der Waals surface area contributed by atoms with E-state index in [2.05, 4.69) is 14.8 Å². The molecule has 130 valence electrons. The second kappa shape index (κ2) is 6.23. The molecule has 1 aliphatic heterocycles. The average Bonchev–Trinajstić information content (AvgIpc) is 2.86. The smallest absolute Gasteiger partial charge is 0.484 e. The van der Waals surface area contributed by atoms with E-state index in [-0.39, 0.29) is 28.6 Å². The van der Waals surface area contributed by atoms with Gasteiger partial charge < -0.3 is 19.5 Å². The summed E-state index contributed by atoms with van der Waals surface area (Å²) >= 11 is 0. The predicted molar refractivity (Wildman–Crippen MR) is 79.9 cm³/mol. The molecule has 0 atom stereocenters. The molecule has 10 heteroatoms. The van der Waals surface area contributed by atoms with Crippen LogP contribution in [0.1, 0.15) is 0 Å². The Morgan fingerprint density at radius 3 is 2.72 bits per heavy atom. The number of nitro groups is 1. The van der Waals surface area contributed by atoms with Crippen LogP contribution < -0.4 is 19.5 Å². The zero-order valence-corrected chi connectivity index (χ0v) is 12.4. The number of amides is 1. The highest BCUT2D eigenvalue weighted by molar-refractivity contribution is 5.92. The summed E-state index contributed by atoms with van der Waals surface area (Å²) in [4.78, 5) is 21.9. The second-order valence-electron chi connectivity index (χ2n) is 4.92. The molecule has 0 radical (unpaired) electrons. The van der Waals surface area contributed by atoms with Gasteiger partial charge in [0.25, 0.3) is 11.6 Å². The van der Waals surface area contributed by atoms with Gasteiger partial charge in [-0.3, -0.25) is 14.9 Å². The van der Waals surface area contributed by atoms with Crippen molar-refractivity contribution in [3.8, 4) is 17.2 Å². The molecule has 2 aromatic carbocycles. The van der Waals surface area contributed by atoms with E-state index in [4.69, 9.17) is 4.74 Å². The number of halogens is 2. The third kappa shape index (κ3) is 3.91. The minimum Gasteiger partial charge on any atom is -0.484 e. The van der Waals surface area contributed by atoms with Crippen molar-refractivity contribution in [2.45, 2.75) is 6.29 Å². The number of fused-ring (bicyclic) bond motifs is 1. The van der Waals surface area contributed by atoms with E-state index in [0.717, 1.165) is 0 Å². The van der Waals surface area contributed by atoms with Crippen molar-refractivity contribution in [3.63, 3.8) is 0 Å². The van der Waals surface area contributed by atoms with Gasteiger partial charge in [0.05, 0.1) is 11.0 Å². The lowest BCUT2D eigenvalue weighted by Gasteiger charge is -2.08. The summed E-state index contributed by atoms with van der Waals surface area (Å²) in [6.07, 6.45) is -3.74. The summed E-state index contributed by atoms with van der Waals surface area (Å²) in [7, 11) is 0. The van der Waals surface area contributed by atoms with Crippen LogP contribution >= 0.6 is 0 Å². The zero-order chi connectivity index (χ0) is 18.0. The summed E-state index contributed by atoms with van der Waals surface area (Å²) in [5.41, 5.74) is 0.0299. The number of non-ortho nitro benzene ring substituents is 1. The van der Waals surface area contributed by atoms with Crippen LogP contribution in [-0.4, -0.2) is 23.7 Å². The third-order valence-electron chi connectivity index (χ3n) is 3.08. The Bertz CT molecular complexity index is 843. The molecular weight excluding hydrogens is 342 g/mol. The van der Waals surface area contributed by atoms with Gasteiger partial charge in [-0.1, -0.05) is 6.07 Å². The van der Waals surface area contributed by atoms with Crippen LogP contribution in [0.5, 0.6) is 17.2 Å². The van der Waals surface area contributed by atoms with Gasteiger partial charge in [-0.2, -0.15) is 0 Å². The van der Waals surface area contributed by atoms with E-state index in [9.17, 15) is 23.7 Å². The van der Waals surface area contributed by atoms with Gasteiger partial charge >= 0.3 is 6.29 Å². The summed E-state index contributed by atoms with van der Waals surface area (Å²) in [5, 5.41) is 13.1. The summed E-state index contributed by atoms with van der Waals surface area (Å²) in [6, 6.07) is 9.11. The predicted octanol–water partition coefficient (Wildman–Crippen LogP) is 2.93. The molecular formula is C15H10F2N2O6. The van der Waals surface area contributed by atoms with Crippen molar-refractivity contribution < 1.29 is 32.7 Å². The van der Waals surface area contributed by atoms with Gasteiger partial charge in [-0.05, 0) is 18.2 Å². The van der Waals surface area contributed by atoms with E-state index in [1.165, 1.54) is 42.5 Å². The first-order chi connectivity index (χ1) is 11.8. The Labute approximate surface area is 139 Å². The number of carbonyl (C=O) groups excluding carboxylic acids is 1. The van der Waals surface area contributed by atoms with Gasteiger partial charge in [0.1, 0.15) is 5.75 Å². The number of ether oxygens (including phenoxy) is 3. The molecule has 0 fully saturated rings. The SMILES string of the molecule is O=C(COc1cccc([N+](=O)[O-])c1)Nc1ccc2c(c1)OC(F)(F)O2. The van der Waals surface area contributed by atoms with Gasteiger partial charge in [0.15, 0.2) is 18.1 Å². The van der Waals surface area contributed by atoms with E-state index < -0.39 is 23.7 Å². The van der Waals surface area contributed by atoms with Crippen LogP contribution in [0.4, 0.5) is 20.2 Å². The van der Waals surface area contributed by atoms with Crippen LogP contribution in [0, 0.1) is 10.1 Å². The quantitative estimate of drug-likeness (QED) is 0.656. The number of hydrogen-bond donors (Lipinski definition) is 1. The number of nitrogens with zero attached hydrogens (tertiary/aromatic N) is 1. The topological polar surface area (TPSA) is 99.9 Å². The first kappa shape index (κ1) is 16.4. The average molecular weight is 352 g/mol. The molecule has 0 bridgehead atoms. The number of anilines is 1. The lowest BCUT2D eigenvalue weighted by molar-refractivity contribution is -0.384. The molecule has 0 saturated heterocycles. The fraction of sp³-hybridized carbons (Fsp3) is 0.133. The lowest BCUT2D eigenvalue weighted by atomic mass is 10.3. The first-order valence-electron chi connectivity index (χ1n) is 6.89. The fourth-order valence-corrected chi connectivity index (χ4v) is 2.06. The Kier molecular flexibility index (Phi) is 4.09. The zero-order valence-electron chi connectivity index (χ0n) is 12.4. The molecule has 8 nitrogen and oxygen atoms in total. The van der Waals surface area contributed by atoms with Gasteiger partial charge in [0, 0.05) is 17.8 Å². The molecule has 1 amide bonds. The van der Waals surface area contributed by atoms with E-state index in [1.807, 2.05) is 0 Å². The highest BCUT2D eigenvalue weighted by atomic mass is 19.3. The standard InChI is InChI=1S/C15H10F2N2O6/c16-15(17)24-12-5-4-9(6-13(12)25-15)18-14(20)8-23-11-3-1-2-10(7-11)19(21)22/h1-7H,8H2,(H,18,20). The first-order valence-corrected chi connectivity index (χ1v) is 6.89. The Hall–Kier alpha value is -3.43. The maximum atomic E-state index is 12.9. The largest absolute Gasteiger partial charge is 0.586 e. The second-order valence-corrected chi connectivity index (χ2v) is 4.92. The highest BCUT2D eigenvalue weighted by Crippen LogP contribution is 2.42. The molecule has 25 heavy (non-hydrogen) atoms. The van der Waals surface area contributed by atoms with Crippen LogP contribution in [0.25, 0.3) is 0 Å². The van der Waals surface area contributed by atoms with Crippen LogP contribution in [-0.2, 0) is 4.79 Å². The molecule has 0 aliphatic carbocycles. The van der Waals surface area contributed by atoms with Gasteiger partial charge in [-0.15, -0.1) is 8.78 Å². The Balaban J connectivity index is 1.59. The highest BCUT2D eigenvalue weighted by Gasteiger charge is 2.43. The monoisotopic (exact) mass is 352 g/mol. The number of hydrogen-bond acceptors (Lipinski definition) is 6. The van der Waals surface area contributed by atoms with Crippen molar-refractivity contribution in [2.75, 3.05) is 11.9 Å². The lowest BCUT2D eigenvalue weighted by Crippen LogP contribution is -2.25. The summed E-state index contributed by atoms with van der Waals surface area (Å²) in [6.45, 7) is -0.425. The minimum atomic E-state index is -3.74. The molecule has 0 saturated carbocycles. The van der Waals surface area contributed by atoms with Crippen molar-refractivity contribution in [1.82, 2.24) is 0 Å². The number of rotatable bonds is 5.